The molecule has 1 atom stereocenters. The van der Waals surface area contributed by atoms with Gasteiger partial charge in [0.15, 0.2) is 15.6 Å². The van der Waals surface area contributed by atoms with E-state index in [0.717, 1.165) is 15.6 Å². The zero-order chi connectivity index (χ0) is 15.0. The highest BCUT2D eigenvalue weighted by Gasteiger charge is 2.29. The lowest BCUT2D eigenvalue weighted by Crippen LogP contribution is -2.13. The van der Waals surface area contributed by atoms with Crippen molar-refractivity contribution in [2.24, 2.45) is 5.92 Å². The van der Waals surface area contributed by atoms with E-state index in [2.05, 4.69) is 0 Å². The summed E-state index contributed by atoms with van der Waals surface area (Å²) in [5, 5.41) is 0.905. The third-order valence-corrected chi connectivity index (χ3v) is 6.88. The van der Waals surface area contributed by atoms with E-state index in [4.69, 9.17) is 0 Å². The van der Waals surface area contributed by atoms with E-state index >= 15 is 0 Å². The second-order valence-electron chi connectivity index (χ2n) is 5.55. The third-order valence-electron chi connectivity index (χ3n) is 3.87. The molecule has 4 nitrogen and oxygen atoms in total. The van der Waals surface area contributed by atoms with Crippen LogP contribution in [0.3, 0.4) is 0 Å². The van der Waals surface area contributed by atoms with Crippen LogP contribution >= 0.6 is 11.8 Å². The van der Waals surface area contributed by atoms with Crippen molar-refractivity contribution >= 4 is 33.1 Å². The van der Waals surface area contributed by atoms with Gasteiger partial charge in [0.25, 0.3) is 0 Å². The van der Waals surface area contributed by atoms with Crippen LogP contribution in [0.5, 0.6) is 0 Å². The van der Waals surface area contributed by atoms with Crippen LogP contribution in [0.25, 0.3) is 0 Å². The molecule has 0 aromatic heterocycles. The van der Waals surface area contributed by atoms with Gasteiger partial charge >= 0.3 is 0 Å². The number of rotatable bonds is 3. The maximum Gasteiger partial charge on any atom is 0.158 e. The molecule has 2 aliphatic rings. The average Bonchev–Trinajstić information content (AvgIpc) is 2.91. The molecule has 1 aromatic rings. The molecule has 1 saturated heterocycles. The van der Waals surface area contributed by atoms with E-state index in [1.807, 2.05) is 36.2 Å². The van der Waals surface area contributed by atoms with Crippen molar-refractivity contribution in [1.82, 2.24) is 0 Å². The molecule has 21 heavy (non-hydrogen) atoms. The number of sulfone groups is 1. The van der Waals surface area contributed by atoms with Crippen LogP contribution in [0.1, 0.15) is 12.8 Å². The minimum atomic E-state index is -2.91. The summed E-state index contributed by atoms with van der Waals surface area (Å²) in [5.74, 6) is 0.380. The van der Waals surface area contributed by atoms with E-state index in [1.165, 1.54) is 0 Å². The summed E-state index contributed by atoms with van der Waals surface area (Å²) in [5.41, 5.74) is 1.10. The molecule has 3 rings (SSSR count). The van der Waals surface area contributed by atoms with Gasteiger partial charge in [-0.15, -0.1) is 0 Å². The summed E-state index contributed by atoms with van der Waals surface area (Å²) in [7, 11) is -0.969. The van der Waals surface area contributed by atoms with Gasteiger partial charge in [-0.3, -0.25) is 4.79 Å². The van der Waals surface area contributed by atoms with Crippen LogP contribution in [-0.2, 0) is 14.6 Å². The van der Waals surface area contributed by atoms with E-state index in [0.29, 0.717) is 12.8 Å². The summed E-state index contributed by atoms with van der Waals surface area (Å²) in [6.07, 6.45) is 2.59. The second kappa shape index (κ2) is 5.50. The molecule has 1 aromatic carbocycles. The number of hydrogen-bond acceptors (Lipinski definition) is 5. The smallest absolute Gasteiger partial charge is 0.158 e. The summed E-state index contributed by atoms with van der Waals surface area (Å²) in [6.45, 7) is 0. The molecule has 0 amide bonds. The molecule has 0 saturated carbocycles. The number of benzene rings is 1. The molecule has 1 fully saturated rings. The third kappa shape index (κ3) is 3.16. The van der Waals surface area contributed by atoms with Crippen LogP contribution < -0.4 is 4.90 Å². The van der Waals surface area contributed by atoms with E-state index in [9.17, 15) is 13.2 Å². The van der Waals surface area contributed by atoms with Crippen LogP contribution in [0.4, 0.5) is 5.69 Å². The second-order valence-corrected chi connectivity index (χ2v) is 8.84. The highest BCUT2D eigenvalue weighted by molar-refractivity contribution is 8.03. The molecule has 0 N–H and O–H groups in total. The first-order chi connectivity index (χ1) is 9.94. The molecule has 2 heterocycles. The first-order valence-corrected chi connectivity index (χ1v) is 9.54. The number of hydrogen-bond donors (Lipinski definition) is 0. The normalized spacial score (nSPS) is 25.3. The molecule has 2 aliphatic heterocycles. The van der Waals surface area contributed by atoms with Gasteiger partial charge in [-0.1, -0.05) is 23.9 Å². The first-order valence-electron chi connectivity index (χ1n) is 6.90. The summed E-state index contributed by atoms with van der Waals surface area (Å²) >= 11 is 1.58. The zero-order valence-electron chi connectivity index (χ0n) is 11.8. The van der Waals surface area contributed by atoms with E-state index in [1.54, 1.807) is 17.8 Å². The van der Waals surface area contributed by atoms with Crippen molar-refractivity contribution in [3.63, 3.8) is 0 Å². The summed E-state index contributed by atoms with van der Waals surface area (Å²) < 4.78 is 22.9. The Balaban J connectivity index is 1.68. The Bertz CT molecular complexity index is 709. The standard InChI is InChI=1S/C15H17NO3S2/c1-16-13-4-2-3-5-14(13)20-15(16)9-12(17)8-11-6-7-21(18,19)10-11/h2-5,9,11H,6-8,10H2,1H3/b15-9-/t11-/m0/s1. The highest BCUT2D eigenvalue weighted by Crippen LogP contribution is 2.44. The monoisotopic (exact) mass is 323 g/mol. The molecule has 0 spiro atoms. The Morgan fingerprint density at radius 1 is 1.43 bits per heavy atom. The topological polar surface area (TPSA) is 54.5 Å². The predicted octanol–water partition coefficient (Wildman–Crippen LogP) is 2.46. The zero-order valence-corrected chi connectivity index (χ0v) is 13.4. The van der Waals surface area contributed by atoms with Crippen molar-refractivity contribution < 1.29 is 13.2 Å². The van der Waals surface area contributed by atoms with Crippen molar-refractivity contribution in [3.8, 4) is 0 Å². The van der Waals surface area contributed by atoms with Gasteiger partial charge in [0.05, 0.1) is 22.2 Å². The lowest BCUT2D eigenvalue weighted by Gasteiger charge is -2.13. The molecule has 112 valence electrons. The Morgan fingerprint density at radius 3 is 2.86 bits per heavy atom. The van der Waals surface area contributed by atoms with Crippen LogP contribution in [0.2, 0.25) is 0 Å². The lowest BCUT2D eigenvalue weighted by atomic mass is 10.0. The van der Waals surface area contributed by atoms with Gasteiger partial charge in [0.1, 0.15) is 0 Å². The van der Waals surface area contributed by atoms with E-state index < -0.39 is 9.84 Å². The summed E-state index contributed by atoms with van der Waals surface area (Å²) in [6, 6.07) is 8.01. The SMILES string of the molecule is CN1/C(=C/C(=O)C[C@@H]2CCS(=O)(=O)C2)Sc2ccccc21. The summed E-state index contributed by atoms with van der Waals surface area (Å²) in [4.78, 5) is 15.3. The maximum absolute atomic E-state index is 12.2. The number of allylic oxidation sites excluding steroid dienone is 1. The van der Waals surface area contributed by atoms with Crippen molar-refractivity contribution in [1.29, 1.82) is 0 Å². The molecule has 0 unspecified atom stereocenters. The molecule has 0 bridgehead atoms. The number of nitrogens with zero attached hydrogens (tertiary/aromatic N) is 1. The predicted molar refractivity (Wildman–Crippen MR) is 85.2 cm³/mol. The largest absolute Gasteiger partial charge is 0.338 e. The first kappa shape index (κ1) is 14.7. The Labute approximate surface area is 129 Å². The fourth-order valence-corrected chi connectivity index (χ4v) is 5.73. The number of anilines is 1. The molecule has 0 radical (unpaired) electrons. The molecule has 0 aliphatic carbocycles. The van der Waals surface area contributed by atoms with Crippen molar-refractivity contribution in [2.45, 2.75) is 17.7 Å². The van der Waals surface area contributed by atoms with E-state index in [-0.39, 0.29) is 23.2 Å². The number of ketones is 1. The number of fused-ring (bicyclic) bond motifs is 1. The van der Waals surface area contributed by atoms with Crippen LogP contribution in [0.15, 0.2) is 40.3 Å². The number of thioether (sulfide) groups is 1. The van der Waals surface area contributed by atoms with Gasteiger partial charge in [-0.05, 0) is 24.5 Å². The fourth-order valence-electron chi connectivity index (χ4n) is 2.76. The molecular weight excluding hydrogens is 306 g/mol. The van der Waals surface area contributed by atoms with Gasteiger partial charge in [-0.2, -0.15) is 0 Å². The molecule has 6 heteroatoms. The lowest BCUT2D eigenvalue weighted by molar-refractivity contribution is -0.115. The minimum Gasteiger partial charge on any atom is -0.338 e. The average molecular weight is 323 g/mol. The van der Waals surface area contributed by atoms with Crippen LogP contribution in [0, 0.1) is 5.92 Å². The van der Waals surface area contributed by atoms with Gasteiger partial charge in [0.2, 0.25) is 0 Å². The number of para-hydroxylation sites is 1. The van der Waals surface area contributed by atoms with Crippen molar-refractivity contribution in [3.05, 3.63) is 35.4 Å². The van der Waals surface area contributed by atoms with Crippen molar-refractivity contribution in [2.75, 3.05) is 23.5 Å². The Morgan fingerprint density at radius 2 is 2.19 bits per heavy atom. The highest BCUT2D eigenvalue weighted by atomic mass is 32.2. The van der Waals surface area contributed by atoms with Gasteiger partial charge in [-0.25, -0.2) is 8.42 Å². The number of carbonyl (C=O) groups is 1. The Hall–Kier alpha value is -1.27. The molecular formula is C15H17NO3S2. The van der Waals surface area contributed by atoms with Crippen LogP contribution in [-0.4, -0.2) is 32.8 Å². The van der Waals surface area contributed by atoms with Gasteiger partial charge in [0, 0.05) is 24.4 Å². The minimum absolute atomic E-state index is 0.0132. The fraction of sp³-hybridized carbons (Fsp3) is 0.400. The maximum atomic E-state index is 12.2. The quantitative estimate of drug-likeness (QED) is 0.800. The number of carbonyl (C=O) groups excluding carboxylic acids is 1. The Kier molecular flexibility index (Phi) is 3.84. The van der Waals surface area contributed by atoms with Gasteiger partial charge < -0.3 is 4.90 Å².